The Morgan fingerprint density at radius 2 is 2.00 bits per heavy atom. The first kappa shape index (κ1) is 16.8. The summed E-state index contributed by atoms with van der Waals surface area (Å²) in [6, 6.07) is 4.62. The van der Waals surface area contributed by atoms with E-state index >= 15 is 0 Å². The van der Waals surface area contributed by atoms with Gasteiger partial charge >= 0.3 is 12.0 Å². The van der Waals surface area contributed by atoms with Gasteiger partial charge in [0.1, 0.15) is 12.1 Å². The number of carbonyl (C=O) groups excluding carboxylic acids is 1. The number of hydrogen-bond acceptors (Lipinski definition) is 3. The molecule has 0 saturated carbocycles. The quantitative estimate of drug-likeness (QED) is 0.798. The second kappa shape index (κ2) is 6.46. The Labute approximate surface area is 127 Å². The highest BCUT2D eigenvalue weighted by atomic mass is 35.5. The number of urea groups is 1. The molecule has 7 heteroatoms. The van der Waals surface area contributed by atoms with Gasteiger partial charge in [0.15, 0.2) is 0 Å². The fourth-order valence-electron chi connectivity index (χ4n) is 1.63. The van der Waals surface area contributed by atoms with Crippen LogP contribution in [0, 0.1) is 16.7 Å². The number of anilines is 1. The third kappa shape index (κ3) is 4.65. The average molecular weight is 310 g/mol. The number of amides is 2. The van der Waals surface area contributed by atoms with Gasteiger partial charge in [-0.05, 0) is 23.6 Å². The van der Waals surface area contributed by atoms with Gasteiger partial charge in [-0.3, -0.25) is 0 Å². The van der Waals surface area contributed by atoms with E-state index in [9.17, 15) is 9.59 Å². The summed E-state index contributed by atoms with van der Waals surface area (Å²) < 4.78 is 0. The third-order valence-corrected chi connectivity index (χ3v) is 3.05. The van der Waals surface area contributed by atoms with E-state index in [1.54, 1.807) is 20.8 Å². The summed E-state index contributed by atoms with van der Waals surface area (Å²) in [6.45, 7) is 5.14. The minimum atomic E-state index is -1.12. The largest absolute Gasteiger partial charge is 0.480 e. The number of carbonyl (C=O) groups is 2. The van der Waals surface area contributed by atoms with Crippen LogP contribution in [0.3, 0.4) is 0 Å². The molecule has 3 N–H and O–H groups in total. The zero-order valence-electron chi connectivity index (χ0n) is 11.9. The molecule has 0 spiro atoms. The van der Waals surface area contributed by atoms with Crippen LogP contribution in [-0.4, -0.2) is 23.1 Å². The molecule has 0 radical (unpaired) electrons. The maximum atomic E-state index is 11.8. The second-order valence-electron chi connectivity index (χ2n) is 5.54. The smallest absolute Gasteiger partial charge is 0.326 e. The number of benzene rings is 1. The minimum absolute atomic E-state index is 0.209. The van der Waals surface area contributed by atoms with Crippen molar-refractivity contribution in [3.63, 3.8) is 0 Å². The molecule has 0 aliphatic rings. The Morgan fingerprint density at radius 3 is 2.43 bits per heavy atom. The van der Waals surface area contributed by atoms with Gasteiger partial charge in [0, 0.05) is 5.69 Å². The summed E-state index contributed by atoms with van der Waals surface area (Å²) in [5.74, 6) is -1.12. The molecule has 0 aromatic heterocycles. The number of nitrogens with zero attached hydrogens (tertiary/aromatic N) is 1. The first-order valence-corrected chi connectivity index (χ1v) is 6.53. The van der Waals surface area contributed by atoms with E-state index in [1.807, 2.05) is 6.07 Å². The van der Waals surface area contributed by atoms with Gasteiger partial charge in [-0.2, -0.15) is 5.26 Å². The van der Waals surface area contributed by atoms with E-state index < -0.39 is 23.5 Å². The first-order valence-electron chi connectivity index (χ1n) is 6.15. The summed E-state index contributed by atoms with van der Waals surface area (Å²) in [7, 11) is 0. The Bertz CT molecular complexity index is 602. The molecule has 0 aliphatic carbocycles. The van der Waals surface area contributed by atoms with Crippen molar-refractivity contribution in [3.05, 3.63) is 28.8 Å². The molecule has 1 rings (SSSR count). The van der Waals surface area contributed by atoms with Crippen molar-refractivity contribution in [2.24, 2.45) is 5.41 Å². The van der Waals surface area contributed by atoms with Gasteiger partial charge in [0.2, 0.25) is 0 Å². The molecular formula is C14H16ClN3O3. The molecule has 1 atom stereocenters. The van der Waals surface area contributed by atoms with Crippen molar-refractivity contribution >= 4 is 29.3 Å². The fraction of sp³-hybridized carbons (Fsp3) is 0.357. The molecule has 21 heavy (non-hydrogen) atoms. The highest BCUT2D eigenvalue weighted by molar-refractivity contribution is 6.32. The van der Waals surface area contributed by atoms with Gasteiger partial charge in [-0.15, -0.1) is 0 Å². The monoisotopic (exact) mass is 309 g/mol. The van der Waals surface area contributed by atoms with E-state index in [1.165, 1.54) is 18.2 Å². The Kier molecular flexibility index (Phi) is 5.17. The molecule has 112 valence electrons. The van der Waals surface area contributed by atoms with E-state index in [0.717, 1.165) is 0 Å². The standard InChI is InChI=1S/C14H16ClN3O3/c1-14(2,3)11(12(19)20)18-13(21)17-9-5-4-8(7-16)10(15)6-9/h4-6,11H,1-3H3,(H,19,20)(H2,17,18,21)/t11-/m0/s1. The lowest BCUT2D eigenvalue weighted by Crippen LogP contribution is -2.50. The molecule has 0 heterocycles. The number of nitriles is 1. The van der Waals surface area contributed by atoms with Crippen molar-refractivity contribution in [2.45, 2.75) is 26.8 Å². The predicted octanol–water partition coefficient (Wildman–Crippen LogP) is 2.83. The van der Waals surface area contributed by atoms with Gasteiger partial charge < -0.3 is 15.7 Å². The lowest BCUT2D eigenvalue weighted by atomic mass is 9.87. The van der Waals surface area contributed by atoms with Crippen LogP contribution < -0.4 is 10.6 Å². The van der Waals surface area contributed by atoms with Crippen LogP contribution in [-0.2, 0) is 4.79 Å². The number of carboxylic acids is 1. The van der Waals surface area contributed by atoms with E-state index in [2.05, 4.69) is 10.6 Å². The van der Waals surface area contributed by atoms with Crippen molar-refractivity contribution in [1.29, 1.82) is 5.26 Å². The molecule has 0 fully saturated rings. The minimum Gasteiger partial charge on any atom is -0.480 e. The summed E-state index contributed by atoms with van der Waals surface area (Å²) in [5, 5.41) is 23.0. The molecule has 0 bridgehead atoms. The van der Waals surface area contributed by atoms with Crippen LogP contribution in [0.5, 0.6) is 0 Å². The molecule has 6 nitrogen and oxygen atoms in total. The lowest BCUT2D eigenvalue weighted by Gasteiger charge is -2.27. The highest BCUT2D eigenvalue weighted by Crippen LogP contribution is 2.21. The summed E-state index contributed by atoms with van der Waals surface area (Å²) >= 11 is 5.85. The molecule has 0 saturated heterocycles. The number of hydrogen-bond donors (Lipinski definition) is 3. The maximum Gasteiger partial charge on any atom is 0.326 e. The van der Waals surface area contributed by atoms with Crippen LogP contribution >= 0.6 is 11.6 Å². The van der Waals surface area contributed by atoms with E-state index in [4.69, 9.17) is 22.0 Å². The van der Waals surface area contributed by atoms with Gasteiger partial charge in [-0.25, -0.2) is 9.59 Å². The zero-order valence-corrected chi connectivity index (χ0v) is 12.7. The number of nitrogens with one attached hydrogen (secondary N) is 2. The molecule has 1 aromatic carbocycles. The normalized spacial score (nSPS) is 12.1. The van der Waals surface area contributed by atoms with Gasteiger partial charge in [0.25, 0.3) is 0 Å². The molecule has 0 aliphatic heterocycles. The molecule has 2 amide bonds. The van der Waals surface area contributed by atoms with E-state index in [0.29, 0.717) is 11.3 Å². The zero-order chi connectivity index (χ0) is 16.2. The number of carboxylic acid groups (broad SMARTS) is 1. The Balaban J connectivity index is 2.80. The van der Waals surface area contributed by atoms with E-state index in [-0.39, 0.29) is 5.02 Å². The average Bonchev–Trinajstić information content (AvgIpc) is 2.34. The fourth-order valence-corrected chi connectivity index (χ4v) is 1.85. The Morgan fingerprint density at radius 1 is 1.38 bits per heavy atom. The Hall–Kier alpha value is -2.26. The second-order valence-corrected chi connectivity index (χ2v) is 5.95. The maximum absolute atomic E-state index is 11.8. The van der Waals surface area contributed by atoms with Gasteiger partial charge in [-0.1, -0.05) is 32.4 Å². The molecule has 1 aromatic rings. The van der Waals surface area contributed by atoms with Crippen LogP contribution in [0.4, 0.5) is 10.5 Å². The third-order valence-electron chi connectivity index (χ3n) is 2.74. The SMILES string of the molecule is CC(C)(C)[C@@H](NC(=O)Nc1ccc(C#N)c(Cl)c1)C(=O)O. The molecule has 0 unspecified atom stereocenters. The number of aliphatic carboxylic acids is 1. The van der Waals surface area contributed by atoms with Crippen molar-refractivity contribution in [1.82, 2.24) is 5.32 Å². The lowest BCUT2D eigenvalue weighted by molar-refractivity contribution is -0.141. The van der Waals surface area contributed by atoms with Crippen molar-refractivity contribution in [3.8, 4) is 6.07 Å². The number of halogens is 1. The van der Waals surface area contributed by atoms with Crippen LogP contribution in [0.2, 0.25) is 5.02 Å². The van der Waals surface area contributed by atoms with Crippen LogP contribution in [0.15, 0.2) is 18.2 Å². The summed E-state index contributed by atoms with van der Waals surface area (Å²) in [6.07, 6.45) is 0. The predicted molar refractivity (Wildman–Crippen MR) is 79.2 cm³/mol. The van der Waals surface area contributed by atoms with Gasteiger partial charge in [0.05, 0.1) is 10.6 Å². The van der Waals surface area contributed by atoms with Crippen LogP contribution in [0.1, 0.15) is 26.3 Å². The van der Waals surface area contributed by atoms with Crippen LogP contribution in [0.25, 0.3) is 0 Å². The summed E-state index contributed by atoms with van der Waals surface area (Å²) in [4.78, 5) is 23.0. The highest BCUT2D eigenvalue weighted by Gasteiger charge is 2.32. The topological polar surface area (TPSA) is 102 Å². The molecular weight excluding hydrogens is 294 g/mol. The number of rotatable bonds is 3. The van der Waals surface area contributed by atoms with Crippen molar-refractivity contribution < 1.29 is 14.7 Å². The summed E-state index contributed by atoms with van der Waals surface area (Å²) in [5.41, 5.74) is 0.0288. The first-order chi connectivity index (χ1) is 9.65. The van der Waals surface area contributed by atoms with Crippen molar-refractivity contribution in [2.75, 3.05) is 5.32 Å².